The summed E-state index contributed by atoms with van der Waals surface area (Å²) < 4.78 is 5.04. The van der Waals surface area contributed by atoms with Gasteiger partial charge in [-0.05, 0) is 19.3 Å². The number of hydrogen-bond donors (Lipinski definition) is 1. The first-order valence-electron chi connectivity index (χ1n) is 6.82. The van der Waals surface area contributed by atoms with Crippen molar-refractivity contribution < 1.29 is 14.6 Å². The number of hydrogen-bond acceptors (Lipinski definition) is 4. The van der Waals surface area contributed by atoms with Crippen LogP contribution >= 0.6 is 0 Å². The number of carbonyl (C=O) groups is 1. The van der Waals surface area contributed by atoms with E-state index in [1.54, 1.807) is 0 Å². The Hall–Kier alpha value is -0.610. The quantitative estimate of drug-likeness (QED) is 0.692. The number of nitrogens with zero attached hydrogens (tertiary/aromatic N) is 1. The number of ether oxygens (including phenoxy) is 1. The highest BCUT2D eigenvalue weighted by molar-refractivity contribution is 5.77. The highest BCUT2D eigenvalue weighted by Crippen LogP contribution is 2.40. The predicted octanol–water partition coefficient (Wildman–Crippen LogP) is 0.929. The lowest BCUT2D eigenvalue weighted by Gasteiger charge is -2.48. The van der Waals surface area contributed by atoms with Crippen molar-refractivity contribution >= 4 is 5.97 Å². The molecule has 96 valence electrons. The van der Waals surface area contributed by atoms with Crippen LogP contribution in [-0.4, -0.2) is 47.3 Å². The fraction of sp³-hybridized carbons (Fsp3) is 0.923. The average Bonchev–Trinajstić information content (AvgIpc) is 2.74. The molecular formula is C13H21NO3. The summed E-state index contributed by atoms with van der Waals surface area (Å²) in [4.78, 5) is 13.8. The second kappa shape index (κ2) is 4.25. The summed E-state index contributed by atoms with van der Waals surface area (Å²) in [5.74, 6) is 0.296. The largest absolute Gasteiger partial charge is 0.464 e. The number of likely N-dealkylation sites (tertiary alicyclic amines) is 1. The van der Waals surface area contributed by atoms with Crippen molar-refractivity contribution in [1.82, 2.24) is 4.90 Å². The highest BCUT2D eigenvalue weighted by atomic mass is 16.5. The molecule has 4 heteroatoms. The van der Waals surface area contributed by atoms with Crippen LogP contribution in [-0.2, 0) is 9.53 Å². The SMILES string of the molecule is O=C1OCCC1N1CCC2(O)CCCCC2C1. The second-order valence-corrected chi connectivity index (χ2v) is 5.76. The molecule has 2 heterocycles. The molecule has 3 fully saturated rings. The van der Waals surface area contributed by atoms with Crippen molar-refractivity contribution in [2.24, 2.45) is 5.92 Å². The molecular weight excluding hydrogens is 218 g/mol. The first-order chi connectivity index (χ1) is 8.19. The summed E-state index contributed by atoms with van der Waals surface area (Å²) in [6, 6.07) is -0.0403. The van der Waals surface area contributed by atoms with Crippen LogP contribution in [0.15, 0.2) is 0 Å². The van der Waals surface area contributed by atoms with E-state index in [1.165, 1.54) is 6.42 Å². The van der Waals surface area contributed by atoms with Crippen LogP contribution in [0.5, 0.6) is 0 Å². The van der Waals surface area contributed by atoms with Gasteiger partial charge >= 0.3 is 5.97 Å². The molecule has 0 aromatic heterocycles. The Kier molecular flexibility index (Phi) is 2.87. The molecule has 1 N–H and O–H groups in total. The molecule has 4 nitrogen and oxygen atoms in total. The normalized spacial score (nSPS) is 43.2. The minimum Gasteiger partial charge on any atom is -0.464 e. The van der Waals surface area contributed by atoms with Crippen LogP contribution in [0.2, 0.25) is 0 Å². The fourth-order valence-electron chi connectivity index (χ4n) is 3.70. The fourth-order valence-corrected chi connectivity index (χ4v) is 3.70. The maximum Gasteiger partial charge on any atom is 0.323 e. The van der Waals surface area contributed by atoms with Crippen molar-refractivity contribution in [2.45, 2.75) is 50.2 Å². The van der Waals surface area contributed by atoms with Crippen LogP contribution in [0.3, 0.4) is 0 Å². The van der Waals surface area contributed by atoms with Gasteiger partial charge in [0.05, 0.1) is 12.2 Å². The number of rotatable bonds is 1. The Balaban J connectivity index is 1.69. The van der Waals surface area contributed by atoms with Gasteiger partial charge in [0.1, 0.15) is 6.04 Å². The van der Waals surface area contributed by atoms with Gasteiger partial charge in [0, 0.05) is 25.4 Å². The topological polar surface area (TPSA) is 49.8 Å². The molecule has 2 saturated heterocycles. The Labute approximate surface area is 102 Å². The van der Waals surface area contributed by atoms with Gasteiger partial charge < -0.3 is 9.84 Å². The molecule has 0 bridgehead atoms. The number of cyclic esters (lactones) is 1. The van der Waals surface area contributed by atoms with Gasteiger partial charge in [-0.25, -0.2) is 0 Å². The molecule has 0 radical (unpaired) electrons. The Morgan fingerprint density at radius 2 is 2.18 bits per heavy atom. The third kappa shape index (κ3) is 1.97. The third-order valence-corrected chi connectivity index (χ3v) is 4.81. The van der Waals surface area contributed by atoms with E-state index in [-0.39, 0.29) is 12.0 Å². The summed E-state index contributed by atoms with van der Waals surface area (Å²) in [6.45, 7) is 2.28. The van der Waals surface area contributed by atoms with E-state index in [9.17, 15) is 9.90 Å². The number of carbonyl (C=O) groups excluding carboxylic acids is 1. The molecule has 0 amide bonds. The second-order valence-electron chi connectivity index (χ2n) is 5.76. The molecule has 1 aliphatic carbocycles. The highest BCUT2D eigenvalue weighted by Gasteiger charge is 2.45. The van der Waals surface area contributed by atoms with E-state index in [4.69, 9.17) is 4.74 Å². The molecule has 0 aromatic rings. The number of piperidine rings is 1. The molecule has 2 aliphatic heterocycles. The zero-order valence-electron chi connectivity index (χ0n) is 10.2. The Bertz CT molecular complexity index is 320. The molecule has 3 atom stereocenters. The maximum atomic E-state index is 11.6. The summed E-state index contributed by atoms with van der Waals surface area (Å²) >= 11 is 0. The van der Waals surface area contributed by atoms with Crippen LogP contribution in [0.25, 0.3) is 0 Å². The van der Waals surface area contributed by atoms with Crippen molar-refractivity contribution in [2.75, 3.05) is 19.7 Å². The molecule has 1 saturated carbocycles. The van der Waals surface area contributed by atoms with E-state index in [0.29, 0.717) is 12.5 Å². The maximum absolute atomic E-state index is 11.6. The number of esters is 1. The smallest absolute Gasteiger partial charge is 0.323 e. The Morgan fingerprint density at radius 1 is 1.29 bits per heavy atom. The molecule has 3 unspecified atom stereocenters. The number of aliphatic hydroxyl groups is 1. The standard InChI is InChI=1S/C13H21NO3/c15-12-11(4-8-17-12)14-7-6-13(16)5-2-1-3-10(13)9-14/h10-11,16H,1-9H2. The van der Waals surface area contributed by atoms with Crippen molar-refractivity contribution in [3.8, 4) is 0 Å². The molecule has 17 heavy (non-hydrogen) atoms. The molecule has 0 spiro atoms. The zero-order valence-corrected chi connectivity index (χ0v) is 10.2. The summed E-state index contributed by atoms with van der Waals surface area (Å²) in [5, 5.41) is 10.6. The van der Waals surface area contributed by atoms with Gasteiger partial charge in [-0.3, -0.25) is 9.69 Å². The first-order valence-corrected chi connectivity index (χ1v) is 6.82. The van der Waals surface area contributed by atoms with E-state index < -0.39 is 5.60 Å². The van der Waals surface area contributed by atoms with Gasteiger partial charge in [-0.2, -0.15) is 0 Å². The van der Waals surface area contributed by atoms with Crippen LogP contribution in [0, 0.1) is 5.92 Å². The lowest BCUT2D eigenvalue weighted by atomic mass is 9.71. The van der Waals surface area contributed by atoms with Crippen LogP contribution < -0.4 is 0 Å². The monoisotopic (exact) mass is 239 g/mol. The molecule has 3 rings (SSSR count). The first kappa shape index (κ1) is 11.5. The third-order valence-electron chi connectivity index (χ3n) is 4.81. The minimum absolute atomic E-state index is 0.0403. The average molecular weight is 239 g/mol. The van der Waals surface area contributed by atoms with Crippen molar-refractivity contribution in [3.05, 3.63) is 0 Å². The van der Waals surface area contributed by atoms with Gasteiger partial charge in [-0.15, -0.1) is 0 Å². The van der Waals surface area contributed by atoms with Gasteiger partial charge in [-0.1, -0.05) is 12.8 Å². The van der Waals surface area contributed by atoms with Crippen molar-refractivity contribution in [1.29, 1.82) is 0 Å². The van der Waals surface area contributed by atoms with E-state index in [0.717, 1.165) is 45.2 Å². The predicted molar refractivity (Wildman–Crippen MR) is 62.5 cm³/mol. The van der Waals surface area contributed by atoms with Gasteiger partial charge in [0.2, 0.25) is 0 Å². The number of fused-ring (bicyclic) bond motifs is 1. The van der Waals surface area contributed by atoms with Gasteiger partial charge in [0.15, 0.2) is 0 Å². The zero-order chi connectivity index (χ0) is 11.9. The lowest BCUT2D eigenvalue weighted by Crippen LogP contribution is -2.56. The lowest BCUT2D eigenvalue weighted by molar-refractivity contribution is -0.147. The Morgan fingerprint density at radius 3 is 2.94 bits per heavy atom. The van der Waals surface area contributed by atoms with Crippen LogP contribution in [0.4, 0.5) is 0 Å². The van der Waals surface area contributed by atoms with Crippen molar-refractivity contribution in [3.63, 3.8) is 0 Å². The minimum atomic E-state index is -0.447. The summed E-state index contributed by atoms with van der Waals surface area (Å²) in [5.41, 5.74) is -0.447. The van der Waals surface area contributed by atoms with E-state index in [2.05, 4.69) is 4.90 Å². The van der Waals surface area contributed by atoms with Gasteiger partial charge in [0.25, 0.3) is 0 Å². The van der Waals surface area contributed by atoms with E-state index >= 15 is 0 Å². The molecule has 3 aliphatic rings. The van der Waals surface area contributed by atoms with Crippen LogP contribution in [0.1, 0.15) is 38.5 Å². The molecule has 0 aromatic carbocycles. The van der Waals surface area contributed by atoms with E-state index in [1.807, 2.05) is 0 Å². The summed E-state index contributed by atoms with van der Waals surface area (Å²) in [6.07, 6.45) is 6.06. The summed E-state index contributed by atoms with van der Waals surface area (Å²) in [7, 11) is 0.